The standard InChI is InChI=1S/C8H12N2OS/c1-2-7-3-5-8(6-4-7)12(9,10)11/h3-6H,2H2,1H3,(H3,9,10,11). The molecule has 12 heavy (non-hydrogen) atoms. The summed E-state index contributed by atoms with van der Waals surface area (Å²) in [6.07, 6.45) is 0.935. The van der Waals surface area contributed by atoms with Crippen LogP contribution in [0.1, 0.15) is 12.5 Å². The number of hydrogen-bond donors (Lipinski definition) is 2. The van der Waals surface area contributed by atoms with Crippen LogP contribution in [-0.4, -0.2) is 4.21 Å². The molecule has 0 fully saturated rings. The van der Waals surface area contributed by atoms with Gasteiger partial charge in [0.1, 0.15) is 9.92 Å². The highest BCUT2D eigenvalue weighted by Gasteiger charge is 2.01. The molecule has 0 heterocycles. The molecule has 0 spiro atoms. The first kappa shape index (κ1) is 9.22. The number of nitrogens with one attached hydrogen (secondary N) is 1. The molecule has 0 amide bonds. The smallest absolute Gasteiger partial charge is 0.132 e. The van der Waals surface area contributed by atoms with Crippen molar-refractivity contribution in [3.05, 3.63) is 29.8 Å². The Hall–Kier alpha value is -0.870. The predicted molar refractivity (Wildman–Crippen MR) is 49.1 cm³/mol. The first-order chi connectivity index (χ1) is 5.54. The molecule has 0 saturated heterocycles. The Kier molecular flexibility index (Phi) is 2.49. The zero-order valence-corrected chi connectivity index (χ0v) is 7.73. The van der Waals surface area contributed by atoms with E-state index in [2.05, 4.69) is 0 Å². The van der Waals surface area contributed by atoms with E-state index < -0.39 is 9.92 Å². The molecular formula is C8H12N2OS. The minimum absolute atomic E-state index is 0.389. The SMILES string of the molecule is CCc1ccc(S(=N)(N)=O)cc1. The molecule has 1 unspecified atom stereocenters. The van der Waals surface area contributed by atoms with E-state index in [1.807, 2.05) is 19.1 Å². The Morgan fingerprint density at radius 1 is 1.42 bits per heavy atom. The minimum atomic E-state index is -3.03. The molecule has 1 atom stereocenters. The Bertz CT molecular complexity index is 353. The van der Waals surface area contributed by atoms with Gasteiger partial charge in [0, 0.05) is 0 Å². The van der Waals surface area contributed by atoms with E-state index in [9.17, 15) is 4.21 Å². The van der Waals surface area contributed by atoms with Crippen molar-refractivity contribution in [3.8, 4) is 0 Å². The maximum atomic E-state index is 11.0. The van der Waals surface area contributed by atoms with E-state index in [4.69, 9.17) is 9.92 Å². The molecular weight excluding hydrogens is 172 g/mol. The summed E-state index contributed by atoms with van der Waals surface area (Å²) in [5.41, 5.74) is 1.16. The van der Waals surface area contributed by atoms with Gasteiger partial charge in [-0.25, -0.2) is 14.1 Å². The van der Waals surface area contributed by atoms with Crippen molar-refractivity contribution >= 4 is 9.92 Å². The lowest BCUT2D eigenvalue weighted by Crippen LogP contribution is -2.09. The van der Waals surface area contributed by atoms with Crippen molar-refractivity contribution in [2.24, 2.45) is 5.14 Å². The molecule has 0 aliphatic rings. The van der Waals surface area contributed by atoms with Gasteiger partial charge in [0.2, 0.25) is 0 Å². The molecule has 0 bridgehead atoms. The molecule has 0 aromatic heterocycles. The Morgan fingerprint density at radius 2 is 1.92 bits per heavy atom. The van der Waals surface area contributed by atoms with Crippen LogP contribution < -0.4 is 5.14 Å². The third-order valence-electron chi connectivity index (χ3n) is 1.68. The zero-order valence-electron chi connectivity index (χ0n) is 6.91. The van der Waals surface area contributed by atoms with Crippen LogP contribution in [0.5, 0.6) is 0 Å². The second kappa shape index (κ2) is 3.25. The monoisotopic (exact) mass is 184 g/mol. The molecule has 0 aliphatic heterocycles. The lowest BCUT2D eigenvalue weighted by molar-refractivity contribution is 0.676. The molecule has 3 N–H and O–H groups in total. The molecule has 1 rings (SSSR count). The number of hydrogen-bond acceptors (Lipinski definition) is 2. The van der Waals surface area contributed by atoms with Crippen molar-refractivity contribution < 1.29 is 4.21 Å². The summed E-state index contributed by atoms with van der Waals surface area (Å²) in [7, 11) is -3.03. The van der Waals surface area contributed by atoms with Gasteiger partial charge in [-0.3, -0.25) is 0 Å². The topological polar surface area (TPSA) is 66.9 Å². The summed E-state index contributed by atoms with van der Waals surface area (Å²) in [5.74, 6) is 0. The Balaban J connectivity index is 3.09. The molecule has 0 radical (unpaired) electrons. The van der Waals surface area contributed by atoms with Crippen LogP contribution >= 0.6 is 0 Å². The lowest BCUT2D eigenvalue weighted by atomic mass is 10.2. The largest absolute Gasteiger partial charge is 0.241 e. The highest BCUT2D eigenvalue weighted by Crippen LogP contribution is 2.09. The van der Waals surface area contributed by atoms with Crippen LogP contribution in [0.3, 0.4) is 0 Å². The van der Waals surface area contributed by atoms with Gasteiger partial charge >= 0.3 is 0 Å². The maximum absolute atomic E-state index is 11.0. The van der Waals surface area contributed by atoms with E-state index in [1.165, 1.54) is 0 Å². The van der Waals surface area contributed by atoms with E-state index in [1.54, 1.807) is 12.1 Å². The first-order valence-electron chi connectivity index (χ1n) is 3.69. The van der Waals surface area contributed by atoms with Crippen molar-refractivity contribution in [2.75, 3.05) is 0 Å². The molecule has 0 saturated carbocycles. The van der Waals surface area contributed by atoms with Gasteiger partial charge in [0.25, 0.3) is 0 Å². The van der Waals surface area contributed by atoms with Gasteiger partial charge < -0.3 is 0 Å². The van der Waals surface area contributed by atoms with Crippen LogP contribution in [0.2, 0.25) is 0 Å². The minimum Gasteiger partial charge on any atom is -0.241 e. The highest BCUT2D eigenvalue weighted by atomic mass is 32.2. The average Bonchev–Trinajstić information content (AvgIpc) is 2.03. The van der Waals surface area contributed by atoms with Crippen LogP contribution in [0, 0.1) is 4.78 Å². The van der Waals surface area contributed by atoms with E-state index in [-0.39, 0.29) is 0 Å². The maximum Gasteiger partial charge on any atom is 0.132 e. The lowest BCUT2D eigenvalue weighted by Gasteiger charge is -2.01. The van der Waals surface area contributed by atoms with Crippen molar-refractivity contribution in [3.63, 3.8) is 0 Å². The summed E-state index contributed by atoms with van der Waals surface area (Å²) in [5, 5.41) is 5.14. The van der Waals surface area contributed by atoms with Gasteiger partial charge in [-0.15, -0.1) is 0 Å². The second-order valence-corrected chi connectivity index (χ2v) is 4.27. The molecule has 0 aliphatic carbocycles. The van der Waals surface area contributed by atoms with Crippen molar-refractivity contribution in [1.29, 1.82) is 4.78 Å². The van der Waals surface area contributed by atoms with Crippen LogP contribution in [0.25, 0.3) is 0 Å². The summed E-state index contributed by atoms with van der Waals surface area (Å²) in [6.45, 7) is 2.04. The average molecular weight is 184 g/mol. The van der Waals surface area contributed by atoms with Gasteiger partial charge in [-0.1, -0.05) is 19.1 Å². The molecule has 66 valence electrons. The van der Waals surface area contributed by atoms with E-state index in [0.717, 1.165) is 12.0 Å². The van der Waals surface area contributed by atoms with Gasteiger partial charge in [0.15, 0.2) is 0 Å². The van der Waals surface area contributed by atoms with E-state index in [0.29, 0.717) is 4.90 Å². The quantitative estimate of drug-likeness (QED) is 0.719. The summed E-state index contributed by atoms with van der Waals surface area (Å²) < 4.78 is 18.1. The van der Waals surface area contributed by atoms with E-state index >= 15 is 0 Å². The van der Waals surface area contributed by atoms with Crippen LogP contribution in [0.15, 0.2) is 29.2 Å². The first-order valence-corrected chi connectivity index (χ1v) is 5.31. The third-order valence-corrected chi connectivity index (χ3v) is 2.65. The molecule has 1 aromatic rings. The molecule has 4 heteroatoms. The normalized spacial score (nSPS) is 15.5. The van der Waals surface area contributed by atoms with Gasteiger partial charge in [-0.2, -0.15) is 0 Å². The summed E-state index contributed by atoms with van der Waals surface area (Å²) in [6, 6.07) is 6.98. The molecule has 1 aromatic carbocycles. The number of rotatable bonds is 2. The number of aryl methyl sites for hydroxylation is 1. The van der Waals surface area contributed by atoms with Crippen LogP contribution in [0.4, 0.5) is 0 Å². The fourth-order valence-corrected chi connectivity index (χ4v) is 1.47. The van der Waals surface area contributed by atoms with Gasteiger partial charge in [-0.05, 0) is 24.1 Å². The predicted octanol–water partition coefficient (Wildman–Crippen LogP) is 1.53. The molecule has 3 nitrogen and oxygen atoms in total. The number of benzene rings is 1. The fraction of sp³-hybridized carbons (Fsp3) is 0.250. The second-order valence-electron chi connectivity index (χ2n) is 2.60. The fourth-order valence-electron chi connectivity index (χ4n) is 0.927. The summed E-state index contributed by atoms with van der Waals surface area (Å²) in [4.78, 5) is 0.389. The summed E-state index contributed by atoms with van der Waals surface area (Å²) >= 11 is 0. The van der Waals surface area contributed by atoms with Crippen molar-refractivity contribution in [2.45, 2.75) is 18.2 Å². The number of nitrogens with two attached hydrogens (primary N) is 1. The van der Waals surface area contributed by atoms with Crippen molar-refractivity contribution in [1.82, 2.24) is 0 Å². The van der Waals surface area contributed by atoms with Crippen LogP contribution in [-0.2, 0) is 16.3 Å². The zero-order chi connectivity index (χ0) is 9.19. The third kappa shape index (κ3) is 2.06. The van der Waals surface area contributed by atoms with Gasteiger partial charge in [0.05, 0.1) is 4.90 Å². The Labute approximate surface area is 72.7 Å². The Morgan fingerprint density at radius 3 is 2.25 bits per heavy atom. The highest BCUT2D eigenvalue weighted by molar-refractivity contribution is 7.90.